The van der Waals surface area contributed by atoms with Gasteiger partial charge in [0, 0.05) is 25.7 Å². The van der Waals surface area contributed by atoms with Gasteiger partial charge in [-0.2, -0.15) is 0 Å². The summed E-state index contributed by atoms with van der Waals surface area (Å²) < 4.78 is 5.39. The Hall–Kier alpha value is -1.32. The summed E-state index contributed by atoms with van der Waals surface area (Å²) in [5.41, 5.74) is 6.73. The van der Waals surface area contributed by atoms with Gasteiger partial charge in [0.1, 0.15) is 5.75 Å². The maximum atomic E-state index is 5.47. The predicted octanol–water partition coefficient (Wildman–Crippen LogP) is 2.46. The number of para-hydroxylation sites is 1. The smallest absolute Gasteiger partial charge is 0.122 e. The van der Waals surface area contributed by atoms with E-state index in [2.05, 4.69) is 37.0 Å². The molecule has 0 aliphatic rings. The van der Waals surface area contributed by atoms with Gasteiger partial charge in [0.05, 0.1) is 7.11 Å². The van der Waals surface area contributed by atoms with Crippen molar-refractivity contribution in [2.24, 2.45) is 5.73 Å². The van der Waals surface area contributed by atoms with Crippen molar-refractivity contribution in [3.8, 4) is 5.75 Å². The lowest BCUT2D eigenvalue weighted by atomic mass is 10.1. The van der Waals surface area contributed by atoms with Gasteiger partial charge in [-0.3, -0.25) is 4.90 Å². The van der Waals surface area contributed by atoms with E-state index in [4.69, 9.17) is 10.5 Å². The Morgan fingerprint density at radius 2 is 2.00 bits per heavy atom. The van der Waals surface area contributed by atoms with Crippen LogP contribution in [0.3, 0.4) is 0 Å². The molecule has 0 atom stereocenters. The molecule has 1 rings (SSSR count). The van der Waals surface area contributed by atoms with Gasteiger partial charge in [-0.15, -0.1) is 0 Å². The van der Waals surface area contributed by atoms with Crippen LogP contribution in [0, 0.1) is 0 Å². The van der Waals surface area contributed by atoms with E-state index in [1.807, 2.05) is 18.2 Å². The van der Waals surface area contributed by atoms with E-state index in [1.165, 1.54) is 5.56 Å². The van der Waals surface area contributed by atoms with E-state index in [9.17, 15) is 0 Å². The van der Waals surface area contributed by atoms with Gasteiger partial charge in [-0.1, -0.05) is 30.4 Å². The van der Waals surface area contributed by atoms with Crippen molar-refractivity contribution in [1.82, 2.24) is 4.90 Å². The molecule has 0 fully saturated rings. The summed E-state index contributed by atoms with van der Waals surface area (Å²) in [6, 6.07) is 8.74. The Bertz CT molecular complexity index is 388. The molecule has 3 heteroatoms. The lowest BCUT2D eigenvalue weighted by molar-refractivity contribution is 0.248. The lowest BCUT2D eigenvalue weighted by Crippen LogP contribution is -2.33. The molecule has 0 unspecified atom stereocenters. The second-order valence-electron chi connectivity index (χ2n) is 4.86. The Labute approximate surface area is 117 Å². The first-order valence-corrected chi connectivity index (χ1v) is 6.90. The van der Waals surface area contributed by atoms with Crippen LogP contribution in [-0.2, 0) is 6.42 Å². The average Bonchev–Trinajstić information content (AvgIpc) is 2.42. The van der Waals surface area contributed by atoms with E-state index < -0.39 is 0 Å². The highest BCUT2D eigenvalue weighted by molar-refractivity contribution is 5.33. The fourth-order valence-electron chi connectivity index (χ4n) is 2.04. The second-order valence-corrected chi connectivity index (χ2v) is 4.86. The molecule has 3 nitrogen and oxygen atoms in total. The number of nitrogens with zero attached hydrogens (tertiary/aromatic N) is 1. The first kappa shape index (κ1) is 15.7. The molecule has 1 aromatic carbocycles. The molecule has 0 saturated heterocycles. The Morgan fingerprint density at radius 1 is 1.26 bits per heavy atom. The third kappa shape index (κ3) is 5.45. The normalized spacial score (nSPS) is 11.7. The second kappa shape index (κ2) is 8.73. The molecule has 0 amide bonds. The fourth-order valence-corrected chi connectivity index (χ4v) is 2.04. The molecule has 0 heterocycles. The summed E-state index contributed by atoms with van der Waals surface area (Å²) >= 11 is 0. The summed E-state index contributed by atoms with van der Waals surface area (Å²) in [5.74, 6) is 0.976. The number of benzene rings is 1. The van der Waals surface area contributed by atoms with Crippen molar-refractivity contribution >= 4 is 0 Å². The van der Waals surface area contributed by atoms with Gasteiger partial charge in [0.25, 0.3) is 0 Å². The molecule has 0 saturated carbocycles. The summed E-state index contributed by atoms with van der Waals surface area (Å²) in [6.45, 7) is 7.02. The van der Waals surface area contributed by atoms with E-state index in [1.54, 1.807) is 7.11 Å². The van der Waals surface area contributed by atoms with E-state index in [-0.39, 0.29) is 0 Å². The van der Waals surface area contributed by atoms with Crippen LogP contribution < -0.4 is 10.5 Å². The van der Waals surface area contributed by atoms with Gasteiger partial charge < -0.3 is 10.5 Å². The van der Waals surface area contributed by atoms with Crippen LogP contribution in [0.4, 0.5) is 0 Å². The van der Waals surface area contributed by atoms with Crippen molar-refractivity contribution in [3.05, 3.63) is 42.0 Å². The van der Waals surface area contributed by atoms with Gasteiger partial charge >= 0.3 is 0 Å². The number of rotatable bonds is 8. The van der Waals surface area contributed by atoms with Crippen LogP contribution in [0.25, 0.3) is 0 Å². The molecule has 0 bridgehead atoms. The zero-order valence-electron chi connectivity index (χ0n) is 12.3. The molecule has 0 aliphatic heterocycles. The SMILES string of the molecule is COc1ccccc1CCN(CC=CCN)C(C)C. The highest BCUT2D eigenvalue weighted by atomic mass is 16.5. The largest absolute Gasteiger partial charge is 0.496 e. The topological polar surface area (TPSA) is 38.5 Å². The monoisotopic (exact) mass is 262 g/mol. The maximum Gasteiger partial charge on any atom is 0.122 e. The minimum Gasteiger partial charge on any atom is -0.496 e. The van der Waals surface area contributed by atoms with E-state index in [0.717, 1.165) is 25.3 Å². The third-order valence-corrected chi connectivity index (χ3v) is 3.23. The molecular formula is C16H26N2O. The van der Waals surface area contributed by atoms with Crippen molar-refractivity contribution in [3.63, 3.8) is 0 Å². The van der Waals surface area contributed by atoms with Crippen LogP contribution >= 0.6 is 0 Å². The molecule has 19 heavy (non-hydrogen) atoms. The quantitative estimate of drug-likeness (QED) is 0.731. The summed E-state index contributed by atoms with van der Waals surface area (Å²) in [7, 11) is 1.73. The number of hydrogen-bond donors (Lipinski definition) is 1. The van der Waals surface area contributed by atoms with Gasteiger partial charge in [-0.25, -0.2) is 0 Å². The van der Waals surface area contributed by atoms with Gasteiger partial charge in [0.2, 0.25) is 0 Å². The van der Waals surface area contributed by atoms with Crippen LogP contribution in [0.15, 0.2) is 36.4 Å². The molecule has 0 aromatic heterocycles. The minimum absolute atomic E-state index is 0.525. The first-order chi connectivity index (χ1) is 9.19. The van der Waals surface area contributed by atoms with Crippen LogP contribution in [0.1, 0.15) is 19.4 Å². The molecule has 106 valence electrons. The number of hydrogen-bond acceptors (Lipinski definition) is 3. The number of nitrogens with two attached hydrogens (primary N) is 1. The van der Waals surface area contributed by atoms with Gasteiger partial charge in [-0.05, 0) is 31.9 Å². The Morgan fingerprint density at radius 3 is 2.63 bits per heavy atom. The Balaban J connectivity index is 2.58. The summed E-state index contributed by atoms with van der Waals surface area (Å²) in [5, 5.41) is 0. The minimum atomic E-state index is 0.525. The molecular weight excluding hydrogens is 236 g/mol. The molecule has 0 spiro atoms. The zero-order chi connectivity index (χ0) is 14.1. The highest BCUT2D eigenvalue weighted by Crippen LogP contribution is 2.18. The predicted molar refractivity (Wildman–Crippen MR) is 81.6 cm³/mol. The van der Waals surface area contributed by atoms with Crippen molar-refractivity contribution in [1.29, 1.82) is 0 Å². The number of ether oxygens (including phenoxy) is 1. The first-order valence-electron chi connectivity index (χ1n) is 6.90. The third-order valence-electron chi connectivity index (χ3n) is 3.23. The van der Waals surface area contributed by atoms with Crippen LogP contribution in [0.5, 0.6) is 5.75 Å². The lowest BCUT2D eigenvalue weighted by Gasteiger charge is -2.25. The fraction of sp³-hybridized carbons (Fsp3) is 0.500. The average molecular weight is 262 g/mol. The van der Waals surface area contributed by atoms with Crippen molar-refractivity contribution < 1.29 is 4.74 Å². The Kier molecular flexibility index (Phi) is 7.23. The summed E-state index contributed by atoms with van der Waals surface area (Å²) in [6.07, 6.45) is 5.15. The van der Waals surface area contributed by atoms with Crippen LogP contribution in [0.2, 0.25) is 0 Å². The molecule has 2 N–H and O–H groups in total. The number of methoxy groups -OCH3 is 1. The summed E-state index contributed by atoms with van der Waals surface area (Å²) in [4.78, 5) is 2.43. The standard InChI is InChI=1S/C16H26N2O/c1-14(2)18(12-7-6-11-17)13-10-15-8-4-5-9-16(15)19-3/h4-9,14H,10-13,17H2,1-3H3. The van der Waals surface area contributed by atoms with Crippen molar-refractivity contribution in [2.75, 3.05) is 26.7 Å². The van der Waals surface area contributed by atoms with E-state index in [0.29, 0.717) is 12.6 Å². The maximum absolute atomic E-state index is 5.47. The molecule has 0 aliphatic carbocycles. The highest BCUT2D eigenvalue weighted by Gasteiger charge is 2.09. The van der Waals surface area contributed by atoms with Crippen LogP contribution in [-0.4, -0.2) is 37.7 Å². The van der Waals surface area contributed by atoms with Gasteiger partial charge in [0.15, 0.2) is 0 Å². The molecule has 0 radical (unpaired) electrons. The molecule has 1 aromatic rings. The van der Waals surface area contributed by atoms with E-state index >= 15 is 0 Å². The zero-order valence-corrected chi connectivity index (χ0v) is 12.3. The van der Waals surface area contributed by atoms with Crippen molar-refractivity contribution in [2.45, 2.75) is 26.3 Å².